The normalized spacial score (nSPS) is 17.1. The molecule has 3 rings (SSSR count). The van der Waals surface area contributed by atoms with Gasteiger partial charge in [-0.15, -0.1) is 0 Å². The highest BCUT2D eigenvalue weighted by Gasteiger charge is 2.32. The summed E-state index contributed by atoms with van der Waals surface area (Å²) < 4.78 is 5.74. The first-order valence-electron chi connectivity index (χ1n) is 7.54. The van der Waals surface area contributed by atoms with E-state index in [0.717, 1.165) is 18.8 Å². The van der Waals surface area contributed by atoms with Gasteiger partial charge in [0.15, 0.2) is 0 Å². The van der Waals surface area contributed by atoms with Crippen molar-refractivity contribution < 1.29 is 4.74 Å². The van der Waals surface area contributed by atoms with E-state index in [0.29, 0.717) is 0 Å². The van der Waals surface area contributed by atoms with E-state index in [1.54, 1.807) is 0 Å². The lowest BCUT2D eigenvalue weighted by Gasteiger charge is -2.18. The van der Waals surface area contributed by atoms with E-state index >= 15 is 0 Å². The third kappa shape index (κ3) is 2.81. The Morgan fingerprint density at radius 3 is 2.57 bits per heavy atom. The zero-order valence-corrected chi connectivity index (χ0v) is 13.0. The fourth-order valence-electron chi connectivity index (χ4n) is 2.86. The lowest BCUT2D eigenvalue weighted by molar-refractivity contribution is 0.291. The molecule has 0 saturated carbocycles. The number of nitrogens with two attached hydrogens (primary N) is 1. The number of fused-ring (bicyclic) bond motifs is 1. The van der Waals surface area contributed by atoms with Crippen molar-refractivity contribution >= 4 is 0 Å². The highest BCUT2D eigenvalue weighted by Crippen LogP contribution is 2.39. The van der Waals surface area contributed by atoms with Gasteiger partial charge in [0, 0.05) is 17.0 Å². The van der Waals surface area contributed by atoms with E-state index in [-0.39, 0.29) is 11.5 Å². The van der Waals surface area contributed by atoms with Gasteiger partial charge in [-0.05, 0) is 36.6 Å². The third-order valence-corrected chi connectivity index (χ3v) is 4.33. The molecule has 1 aliphatic heterocycles. The summed E-state index contributed by atoms with van der Waals surface area (Å²) in [4.78, 5) is 0. The molecule has 1 unspecified atom stereocenters. The highest BCUT2D eigenvalue weighted by molar-refractivity contribution is 5.46. The predicted molar refractivity (Wildman–Crippen MR) is 86.8 cm³/mol. The van der Waals surface area contributed by atoms with Gasteiger partial charge in [-0.2, -0.15) is 0 Å². The number of rotatable bonds is 3. The van der Waals surface area contributed by atoms with Crippen LogP contribution in [0.2, 0.25) is 0 Å². The minimum absolute atomic E-state index is 0.0226. The largest absolute Gasteiger partial charge is 0.492 e. The Balaban J connectivity index is 1.82. The van der Waals surface area contributed by atoms with Crippen LogP contribution in [0.25, 0.3) is 0 Å². The Hall–Kier alpha value is -1.80. The zero-order valence-electron chi connectivity index (χ0n) is 13.0. The van der Waals surface area contributed by atoms with Gasteiger partial charge in [0.05, 0.1) is 6.61 Å². The van der Waals surface area contributed by atoms with Crippen LogP contribution in [0.3, 0.4) is 0 Å². The quantitative estimate of drug-likeness (QED) is 0.926. The minimum Gasteiger partial charge on any atom is -0.492 e. The van der Waals surface area contributed by atoms with E-state index in [4.69, 9.17) is 10.5 Å². The van der Waals surface area contributed by atoms with Crippen molar-refractivity contribution in [3.8, 4) is 5.75 Å². The van der Waals surface area contributed by atoms with Gasteiger partial charge in [-0.1, -0.05) is 49.7 Å². The molecule has 110 valence electrons. The summed E-state index contributed by atoms with van der Waals surface area (Å²) in [5.41, 5.74) is 11.5. The molecule has 0 saturated heterocycles. The number of hydrogen-bond donors (Lipinski definition) is 1. The molecule has 0 fully saturated rings. The van der Waals surface area contributed by atoms with E-state index in [1.165, 1.54) is 22.3 Å². The van der Waals surface area contributed by atoms with Crippen LogP contribution >= 0.6 is 0 Å². The first kappa shape index (κ1) is 14.2. The van der Waals surface area contributed by atoms with Crippen LogP contribution in [-0.4, -0.2) is 6.61 Å². The lowest BCUT2D eigenvalue weighted by Crippen LogP contribution is -2.19. The molecular formula is C19H23NO. The lowest BCUT2D eigenvalue weighted by atomic mass is 9.85. The van der Waals surface area contributed by atoms with Crippen LogP contribution in [-0.2, 0) is 11.8 Å². The molecule has 0 aromatic heterocycles. The molecule has 1 atom stereocenters. The second kappa shape index (κ2) is 5.19. The number of aryl methyl sites for hydroxylation is 1. The van der Waals surface area contributed by atoms with Crippen LogP contribution in [0.1, 0.15) is 42.1 Å². The molecule has 0 bridgehead atoms. The van der Waals surface area contributed by atoms with Crippen molar-refractivity contribution in [3.05, 3.63) is 64.7 Å². The molecule has 2 N–H and O–H groups in total. The van der Waals surface area contributed by atoms with Crippen LogP contribution < -0.4 is 10.5 Å². The van der Waals surface area contributed by atoms with E-state index in [9.17, 15) is 0 Å². The second-order valence-electron chi connectivity index (χ2n) is 6.72. The number of hydrogen-bond acceptors (Lipinski definition) is 2. The SMILES string of the molecule is Cc1ccc(CC(N)c2ccc3c(c2)C(C)(C)CO3)cc1. The average Bonchev–Trinajstić information content (AvgIpc) is 2.77. The van der Waals surface area contributed by atoms with Crippen molar-refractivity contribution in [2.24, 2.45) is 5.73 Å². The summed E-state index contributed by atoms with van der Waals surface area (Å²) in [5.74, 6) is 1.01. The maximum atomic E-state index is 6.41. The fraction of sp³-hybridized carbons (Fsp3) is 0.368. The molecule has 0 radical (unpaired) electrons. The molecule has 2 aromatic rings. The van der Waals surface area contributed by atoms with Gasteiger partial charge in [-0.3, -0.25) is 0 Å². The summed E-state index contributed by atoms with van der Waals surface area (Å²) in [6, 6.07) is 15.0. The topological polar surface area (TPSA) is 35.2 Å². The van der Waals surface area contributed by atoms with Crippen molar-refractivity contribution in [2.75, 3.05) is 6.61 Å². The van der Waals surface area contributed by atoms with Gasteiger partial charge >= 0.3 is 0 Å². The Morgan fingerprint density at radius 2 is 1.86 bits per heavy atom. The van der Waals surface area contributed by atoms with Crippen LogP contribution in [0.5, 0.6) is 5.75 Å². The van der Waals surface area contributed by atoms with Gasteiger partial charge in [0.2, 0.25) is 0 Å². The van der Waals surface area contributed by atoms with E-state index in [1.807, 2.05) is 0 Å². The first-order chi connectivity index (χ1) is 9.95. The smallest absolute Gasteiger partial charge is 0.123 e. The standard InChI is InChI=1S/C19H23NO/c1-13-4-6-14(7-5-13)10-17(20)15-8-9-18-16(11-15)19(2,3)12-21-18/h4-9,11,17H,10,12,20H2,1-3H3. The Morgan fingerprint density at radius 1 is 1.14 bits per heavy atom. The van der Waals surface area contributed by atoms with Crippen LogP contribution in [0.15, 0.2) is 42.5 Å². The average molecular weight is 281 g/mol. The Kier molecular flexibility index (Phi) is 3.50. The monoisotopic (exact) mass is 281 g/mol. The summed E-state index contributed by atoms with van der Waals surface area (Å²) in [6.07, 6.45) is 0.861. The molecule has 2 heteroatoms. The van der Waals surface area contributed by atoms with E-state index in [2.05, 4.69) is 63.2 Å². The van der Waals surface area contributed by atoms with Crippen LogP contribution in [0.4, 0.5) is 0 Å². The predicted octanol–water partition coefficient (Wildman–Crippen LogP) is 3.91. The van der Waals surface area contributed by atoms with Crippen molar-refractivity contribution in [1.29, 1.82) is 0 Å². The molecule has 0 amide bonds. The maximum absolute atomic E-state index is 6.41. The highest BCUT2D eigenvalue weighted by atomic mass is 16.5. The third-order valence-electron chi connectivity index (χ3n) is 4.33. The maximum Gasteiger partial charge on any atom is 0.123 e. The van der Waals surface area contributed by atoms with Gasteiger partial charge < -0.3 is 10.5 Å². The number of benzene rings is 2. The molecule has 0 spiro atoms. The van der Waals surface area contributed by atoms with Gasteiger partial charge in [0.1, 0.15) is 5.75 Å². The summed E-state index contributed by atoms with van der Waals surface area (Å²) in [6.45, 7) is 7.29. The molecular weight excluding hydrogens is 258 g/mol. The van der Waals surface area contributed by atoms with Crippen molar-refractivity contribution in [2.45, 2.75) is 38.6 Å². The Bertz CT molecular complexity index is 643. The second-order valence-corrected chi connectivity index (χ2v) is 6.72. The fourth-order valence-corrected chi connectivity index (χ4v) is 2.86. The molecule has 2 aromatic carbocycles. The molecule has 0 aliphatic carbocycles. The van der Waals surface area contributed by atoms with Crippen molar-refractivity contribution in [1.82, 2.24) is 0 Å². The molecule has 1 aliphatic rings. The van der Waals surface area contributed by atoms with Gasteiger partial charge in [0.25, 0.3) is 0 Å². The zero-order chi connectivity index (χ0) is 15.0. The number of ether oxygens (including phenoxy) is 1. The molecule has 2 nitrogen and oxygen atoms in total. The van der Waals surface area contributed by atoms with Gasteiger partial charge in [-0.25, -0.2) is 0 Å². The minimum atomic E-state index is 0.0226. The van der Waals surface area contributed by atoms with Crippen molar-refractivity contribution in [3.63, 3.8) is 0 Å². The molecule has 1 heterocycles. The summed E-state index contributed by atoms with van der Waals surface area (Å²) in [7, 11) is 0. The summed E-state index contributed by atoms with van der Waals surface area (Å²) in [5, 5.41) is 0. The first-order valence-corrected chi connectivity index (χ1v) is 7.54. The summed E-state index contributed by atoms with van der Waals surface area (Å²) >= 11 is 0. The van der Waals surface area contributed by atoms with E-state index < -0.39 is 0 Å². The molecule has 21 heavy (non-hydrogen) atoms. The van der Waals surface area contributed by atoms with Crippen LogP contribution in [0, 0.1) is 6.92 Å². The Labute approximate surface area is 126 Å².